The topological polar surface area (TPSA) is 263 Å². The Balaban J connectivity index is 2.73. The van der Waals surface area contributed by atoms with E-state index in [1.807, 2.05) is 0 Å². The molecule has 8 N–H and O–H groups in total. The molecule has 0 spiro atoms. The van der Waals surface area contributed by atoms with E-state index in [1.54, 1.807) is 13.8 Å². The molecule has 0 aliphatic carbocycles. The van der Waals surface area contributed by atoms with Gasteiger partial charge < -0.3 is 93.0 Å². The molecule has 2 fully saturated rings. The summed E-state index contributed by atoms with van der Waals surface area (Å²) in [7, 11) is 0. The quantitative estimate of drug-likeness (QED) is 0.0419. The maximum Gasteiger partial charge on any atom is 0.187 e. The lowest BCUT2D eigenvalue weighted by Crippen LogP contribution is -2.67. The molecule has 18 atom stereocenters. The molecule has 2 aliphatic heterocycles. The van der Waals surface area contributed by atoms with Crippen molar-refractivity contribution in [2.24, 2.45) is 0 Å². The molecule has 0 aromatic heterocycles. The van der Waals surface area contributed by atoms with E-state index in [4.69, 9.17) is 52.1 Å². The molecule has 2 aliphatic rings. The van der Waals surface area contributed by atoms with Crippen LogP contribution in [0, 0.1) is 0 Å². The summed E-state index contributed by atoms with van der Waals surface area (Å²) in [5, 5.41) is 81.2. The van der Waals surface area contributed by atoms with Crippen molar-refractivity contribution >= 4 is 0 Å². The van der Waals surface area contributed by atoms with E-state index in [0.717, 1.165) is 0 Å². The number of aliphatic hydroxyl groups is 8. The molecule has 2 rings (SSSR count). The molecule has 55 heavy (non-hydrogen) atoms. The molecule has 19 nitrogen and oxygen atoms in total. The molecule has 0 radical (unpaired) electrons. The van der Waals surface area contributed by atoms with E-state index >= 15 is 0 Å². The predicted octanol–water partition coefficient (Wildman–Crippen LogP) is -2.16. The maximum absolute atomic E-state index is 10.3. The zero-order chi connectivity index (χ0) is 41.2. The van der Waals surface area contributed by atoms with E-state index in [9.17, 15) is 40.9 Å². The van der Waals surface area contributed by atoms with Gasteiger partial charge in [-0.15, -0.1) is 0 Å². The fraction of sp³-hybridized carbons (Fsp3) is 1.00. The molecule has 0 aromatic rings. The Hall–Kier alpha value is -0.760. The van der Waals surface area contributed by atoms with Crippen molar-refractivity contribution in [3.8, 4) is 0 Å². The van der Waals surface area contributed by atoms with E-state index in [2.05, 4.69) is 0 Å². The van der Waals surface area contributed by atoms with Gasteiger partial charge in [0, 0.05) is 0 Å². The van der Waals surface area contributed by atoms with Crippen molar-refractivity contribution in [3.05, 3.63) is 0 Å². The van der Waals surface area contributed by atoms with Gasteiger partial charge in [-0.3, -0.25) is 0 Å². The van der Waals surface area contributed by atoms with Gasteiger partial charge in [0.2, 0.25) is 0 Å². The molecule has 0 unspecified atom stereocenters. The summed E-state index contributed by atoms with van der Waals surface area (Å²) in [5.74, 6) is 0. The van der Waals surface area contributed by atoms with Crippen LogP contribution in [0.25, 0.3) is 0 Å². The maximum atomic E-state index is 10.3. The summed E-state index contributed by atoms with van der Waals surface area (Å²) in [6.45, 7) is 10.7. The number of hydrogen-bond donors (Lipinski definition) is 8. The van der Waals surface area contributed by atoms with Gasteiger partial charge in [-0.1, -0.05) is 0 Å². The van der Waals surface area contributed by atoms with Crippen molar-refractivity contribution < 1.29 is 93.0 Å². The van der Waals surface area contributed by atoms with Gasteiger partial charge in [-0.05, 0) is 55.4 Å². The summed E-state index contributed by atoms with van der Waals surface area (Å²) < 4.78 is 68.1. The Bertz CT molecular complexity index is 969. The third-order valence-electron chi connectivity index (χ3n) is 7.91. The Labute approximate surface area is 324 Å². The average Bonchev–Trinajstić information content (AvgIpc) is 3.07. The Kier molecular flexibility index (Phi) is 24.1. The van der Waals surface area contributed by atoms with Crippen LogP contribution in [0.4, 0.5) is 0 Å². The van der Waals surface area contributed by atoms with Crippen molar-refractivity contribution in [2.45, 2.75) is 166 Å². The summed E-state index contributed by atoms with van der Waals surface area (Å²) in [6.07, 6.45) is -18.5. The van der Waals surface area contributed by atoms with Crippen LogP contribution in [0.1, 0.15) is 55.4 Å². The van der Waals surface area contributed by atoms with Crippen LogP contribution in [-0.4, -0.2) is 217 Å². The van der Waals surface area contributed by atoms with Gasteiger partial charge in [0.15, 0.2) is 12.6 Å². The molecule has 19 heteroatoms. The minimum atomic E-state index is -1.39. The second kappa shape index (κ2) is 26.4. The van der Waals surface area contributed by atoms with Gasteiger partial charge in [-0.2, -0.15) is 0 Å². The number of hydrogen-bond acceptors (Lipinski definition) is 19. The molecule has 0 amide bonds. The lowest BCUT2D eigenvalue weighted by molar-refractivity contribution is -0.377. The Morgan fingerprint density at radius 3 is 1.04 bits per heavy atom. The van der Waals surface area contributed by atoms with Crippen LogP contribution in [0.5, 0.6) is 0 Å². The lowest BCUT2D eigenvalue weighted by Gasteiger charge is -2.50. The fourth-order valence-corrected chi connectivity index (χ4v) is 5.72. The molecular weight excluding hydrogens is 736 g/mol. The SMILES string of the molecule is C[C@H](O)COC[C@H]1O[C@@H](O[C@H]2[C@H](OC[C@H](C)O)[C@@H](OC[C@H](C)O)[C@H](OC[C@H](C)O)O[C@@H]2COC[C@H](C)O)[C@H](OC[C@H](C)O)[C@@H](OC[C@H](C)O)[C@@H]1OC[C@@H](C)O. The third kappa shape index (κ3) is 19.2. The average molecular weight is 807 g/mol. The van der Waals surface area contributed by atoms with Crippen LogP contribution in [0.2, 0.25) is 0 Å². The number of rotatable bonds is 28. The van der Waals surface area contributed by atoms with Crippen molar-refractivity contribution in [3.63, 3.8) is 0 Å². The largest absolute Gasteiger partial charge is 0.391 e. The first-order valence-corrected chi connectivity index (χ1v) is 19.1. The van der Waals surface area contributed by atoms with Crippen LogP contribution >= 0.6 is 0 Å². The fourth-order valence-electron chi connectivity index (χ4n) is 5.72. The van der Waals surface area contributed by atoms with Crippen LogP contribution in [0.15, 0.2) is 0 Å². The highest BCUT2D eigenvalue weighted by Gasteiger charge is 2.55. The number of ether oxygens (including phenoxy) is 11. The highest BCUT2D eigenvalue weighted by atomic mass is 16.8. The first kappa shape index (κ1) is 50.4. The van der Waals surface area contributed by atoms with Gasteiger partial charge in [0.05, 0.1) is 115 Å². The molecule has 2 saturated heterocycles. The molecule has 0 saturated carbocycles. The molecule has 2 heterocycles. The monoisotopic (exact) mass is 806 g/mol. The predicted molar refractivity (Wildman–Crippen MR) is 192 cm³/mol. The van der Waals surface area contributed by atoms with E-state index in [-0.39, 0.29) is 66.1 Å². The van der Waals surface area contributed by atoms with Crippen molar-refractivity contribution in [1.82, 2.24) is 0 Å². The molecule has 0 aromatic carbocycles. The Morgan fingerprint density at radius 1 is 0.345 bits per heavy atom. The first-order chi connectivity index (χ1) is 25.9. The summed E-state index contributed by atoms with van der Waals surface area (Å²) in [6, 6.07) is 0. The Morgan fingerprint density at radius 2 is 0.636 bits per heavy atom. The van der Waals surface area contributed by atoms with Crippen molar-refractivity contribution in [1.29, 1.82) is 0 Å². The summed E-state index contributed by atoms with van der Waals surface area (Å²) in [4.78, 5) is 0. The van der Waals surface area contributed by atoms with Crippen LogP contribution in [0.3, 0.4) is 0 Å². The second-order valence-electron chi connectivity index (χ2n) is 14.9. The highest BCUT2D eigenvalue weighted by molar-refractivity contribution is 4.98. The molecular formula is C36H70O19. The third-order valence-corrected chi connectivity index (χ3v) is 7.91. The van der Waals surface area contributed by atoms with Gasteiger partial charge in [0.25, 0.3) is 0 Å². The van der Waals surface area contributed by atoms with E-state index < -0.39 is 110 Å². The van der Waals surface area contributed by atoms with E-state index in [0.29, 0.717) is 0 Å². The zero-order valence-corrected chi connectivity index (χ0v) is 33.5. The summed E-state index contributed by atoms with van der Waals surface area (Å²) >= 11 is 0. The van der Waals surface area contributed by atoms with Crippen molar-refractivity contribution in [2.75, 3.05) is 66.1 Å². The second-order valence-corrected chi connectivity index (χ2v) is 14.9. The normalized spacial score (nSPS) is 33.4. The minimum absolute atomic E-state index is 0.0553. The first-order valence-electron chi connectivity index (χ1n) is 19.1. The zero-order valence-electron chi connectivity index (χ0n) is 33.5. The standard InChI is InChI=1S/C36H70O19/c1-19(37)9-45-17-27-29(47-11-21(3)39)31(48-12-22(4)40)34(51-15-25(7)43)36(54-27)55-30-28(18-46-10-20(2)38)53-35(52-16-26(8)44)33(50-14-24(6)42)32(30)49-13-23(5)41/h19-44H,9-18H2,1-8H3/t19-,20-,21+,22-,23-,24-,25-,26-,27+,28+,29+,30+,31-,32-,33+,34+,35+,36-/m0/s1. The molecule has 328 valence electrons. The van der Waals surface area contributed by atoms with Crippen LogP contribution in [-0.2, 0) is 52.1 Å². The summed E-state index contributed by atoms with van der Waals surface area (Å²) in [5.41, 5.74) is 0. The van der Waals surface area contributed by atoms with E-state index in [1.165, 1.54) is 41.5 Å². The molecule has 0 bridgehead atoms. The number of aliphatic hydroxyl groups excluding tert-OH is 8. The smallest absolute Gasteiger partial charge is 0.187 e. The lowest BCUT2D eigenvalue weighted by atomic mass is 9.95. The van der Waals surface area contributed by atoms with Gasteiger partial charge >= 0.3 is 0 Å². The van der Waals surface area contributed by atoms with Crippen LogP contribution < -0.4 is 0 Å². The van der Waals surface area contributed by atoms with Gasteiger partial charge in [-0.25, -0.2) is 0 Å². The highest BCUT2D eigenvalue weighted by Crippen LogP contribution is 2.35. The minimum Gasteiger partial charge on any atom is -0.391 e. The van der Waals surface area contributed by atoms with Gasteiger partial charge in [0.1, 0.15) is 48.8 Å².